The van der Waals surface area contributed by atoms with Crippen LogP contribution in [0.5, 0.6) is 0 Å². The fourth-order valence-electron chi connectivity index (χ4n) is 3.38. The van der Waals surface area contributed by atoms with E-state index in [1.54, 1.807) is 32.9 Å². The van der Waals surface area contributed by atoms with Crippen molar-refractivity contribution in [3.63, 3.8) is 0 Å². The Morgan fingerprint density at radius 2 is 2.00 bits per heavy atom. The number of halogens is 3. The number of esters is 1. The molecule has 1 atom stereocenters. The second-order valence-corrected chi connectivity index (χ2v) is 7.81. The summed E-state index contributed by atoms with van der Waals surface area (Å²) in [7, 11) is -1.11. The smallest absolute Gasteiger partial charge is 0.458 e. The molecule has 0 aliphatic carbocycles. The summed E-state index contributed by atoms with van der Waals surface area (Å²) in [6.07, 6.45) is -3.84. The quantitative estimate of drug-likeness (QED) is 0.517. The van der Waals surface area contributed by atoms with E-state index in [1.807, 2.05) is 0 Å². The number of hydrogen-bond donors (Lipinski definition) is 2. The molecule has 0 saturated carbocycles. The Kier molecular flexibility index (Phi) is 6.89. The molecular formula is C21H22BF3N2O5. The van der Waals surface area contributed by atoms with Crippen LogP contribution < -0.4 is 10.8 Å². The van der Waals surface area contributed by atoms with Crippen LogP contribution in [0.1, 0.15) is 46.6 Å². The molecule has 1 amide bonds. The molecule has 0 radical (unpaired) electrons. The van der Waals surface area contributed by atoms with E-state index in [0.717, 1.165) is 17.7 Å². The molecule has 0 unspecified atom stereocenters. The molecule has 1 aromatic carbocycles. The zero-order valence-corrected chi connectivity index (χ0v) is 17.7. The van der Waals surface area contributed by atoms with Crippen LogP contribution >= 0.6 is 0 Å². The normalized spacial score (nSPS) is 14.3. The highest BCUT2D eigenvalue weighted by Crippen LogP contribution is 2.28. The zero-order chi connectivity index (χ0) is 23.6. The van der Waals surface area contributed by atoms with Crippen LogP contribution in [-0.2, 0) is 33.6 Å². The van der Waals surface area contributed by atoms with Crippen LogP contribution in [0, 0.1) is 12.8 Å². The number of hydrogen-bond acceptors (Lipinski definition) is 6. The van der Waals surface area contributed by atoms with Crippen molar-refractivity contribution in [3.05, 3.63) is 58.4 Å². The van der Waals surface area contributed by atoms with Crippen molar-refractivity contribution in [1.29, 1.82) is 0 Å². The van der Waals surface area contributed by atoms with Gasteiger partial charge in [-0.15, -0.1) is 0 Å². The topological polar surface area (TPSA) is 97.8 Å². The number of nitrogens with zero attached hydrogens (tertiary/aromatic N) is 1. The van der Waals surface area contributed by atoms with Gasteiger partial charge in [0.1, 0.15) is 12.6 Å². The number of amides is 1. The van der Waals surface area contributed by atoms with E-state index in [-0.39, 0.29) is 30.4 Å². The summed E-state index contributed by atoms with van der Waals surface area (Å²) < 4.78 is 48.2. The van der Waals surface area contributed by atoms with E-state index < -0.39 is 36.8 Å². The van der Waals surface area contributed by atoms with Crippen molar-refractivity contribution in [2.24, 2.45) is 5.92 Å². The second-order valence-electron chi connectivity index (χ2n) is 7.81. The molecule has 0 fully saturated rings. The van der Waals surface area contributed by atoms with Crippen molar-refractivity contribution in [3.8, 4) is 0 Å². The molecule has 2 N–H and O–H groups in total. The van der Waals surface area contributed by atoms with Gasteiger partial charge < -0.3 is 19.7 Å². The Morgan fingerprint density at radius 1 is 1.28 bits per heavy atom. The van der Waals surface area contributed by atoms with Gasteiger partial charge >= 0.3 is 19.3 Å². The molecule has 32 heavy (non-hydrogen) atoms. The van der Waals surface area contributed by atoms with Gasteiger partial charge in [0, 0.05) is 11.8 Å². The predicted octanol–water partition coefficient (Wildman–Crippen LogP) is 2.12. The lowest BCUT2D eigenvalue weighted by atomic mass is 9.75. The summed E-state index contributed by atoms with van der Waals surface area (Å²) in [6, 6.07) is 4.27. The van der Waals surface area contributed by atoms with Gasteiger partial charge in [0.15, 0.2) is 0 Å². The van der Waals surface area contributed by atoms with Crippen LogP contribution in [0.25, 0.3) is 0 Å². The number of alkyl halides is 3. The first-order valence-corrected chi connectivity index (χ1v) is 9.90. The third kappa shape index (κ3) is 5.10. The van der Waals surface area contributed by atoms with Crippen LogP contribution in [0.2, 0.25) is 0 Å². The molecular weight excluding hydrogens is 428 g/mol. The summed E-state index contributed by atoms with van der Waals surface area (Å²) in [5.74, 6) is -1.58. The number of carbonyl (C=O) groups excluding carboxylic acids is 2. The third-order valence-corrected chi connectivity index (χ3v) is 5.22. The lowest BCUT2D eigenvalue weighted by molar-refractivity contribution is -0.148. The summed E-state index contributed by atoms with van der Waals surface area (Å²) in [6.45, 7) is 5.03. The fraction of sp³-hybridized carbons (Fsp3) is 0.381. The first-order valence-electron chi connectivity index (χ1n) is 9.90. The molecule has 0 spiro atoms. The number of nitrogens with one attached hydrogen (secondary N) is 1. The Balaban J connectivity index is 1.67. The predicted molar refractivity (Wildman–Crippen MR) is 109 cm³/mol. The first-order chi connectivity index (χ1) is 15.0. The van der Waals surface area contributed by atoms with Crippen LogP contribution in [0.15, 0.2) is 30.5 Å². The van der Waals surface area contributed by atoms with Gasteiger partial charge in [-0.1, -0.05) is 19.9 Å². The van der Waals surface area contributed by atoms with E-state index in [2.05, 4.69) is 10.3 Å². The number of aromatic nitrogens is 1. The van der Waals surface area contributed by atoms with Crippen LogP contribution in [0.3, 0.4) is 0 Å². The largest absolute Gasteiger partial charge is 0.492 e. The summed E-state index contributed by atoms with van der Waals surface area (Å²) in [5, 5.41) is 12.6. The van der Waals surface area contributed by atoms with E-state index in [9.17, 15) is 27.8 Å². The molecule has 1 aliphatic heterocycles. The molecule has 11 heteroatoms. The van der Waals surface area contributed by atoms with Crippen molar-refractivity contribution in [1.82, 2.24) is 10.3 Å². The third-order valence-electron chi connectivity index (χ3n) is 5.22. The van der Waals surface area contributed by atoms with Gasteiger partial charge in [0.2, 0.25) is 0 Å². The van der Waals surface area contributed by atoms with Gasteiger partial charge in [-0.2, -0.15) is 13.2 Å². The van der Waals surface area contributed by atoms with Gasteiger partial charge in [0.25, 0.3) is 5.91 Å². The highest BCUT2D eigenvalue weighted by molar-refractivity contribution is 6.62. The van der Waals surface area contributed by atoms with Gasteiger partial charge in [0.05, 0.1) is 17.9 Å². The van der Waals surface area contributed by atoms with Gasteiger partial charge in [-0.05, 0) is 47.6 Å². The Morgan fingerprint density at radius 3 is 2.59 bits per heavy atom. The van der Waals surface area contributed by atoms with Crippen molar-refractivity contribution >= 4 is 24.5 Å². The lowest BCUT2D eigenvalue weighted by Crippen LogP contribution is -2.46. The number of benzene rings is 1. The monoisotopic (exact) mass is 450 g/mol. The number of rotatable bonds is 6. The lowest BCUT2D eigenvalue weighted by Gasteiger charge is -2.21. The van der Waals surface area contributed by atoms with E-state index in [1.165, 1.54) is 0 Å². The highest BCUT2D eigenvalue weighted by Gasteiger charge is 2.33. The molecule has 0 bridgehead atoms. The number of carbonyl (C=O) groups is 2. The maximum Gasteiger partial charge on any atom is 0.492 e. The number of ether oxygens (including phenoxy) is 1. The minimum Gasteiger partial charge on any atom is -0.458 e. The summed E-state index contributed by atoms with van der Waals surface area (Å²) in [4.78, 5) is 29.1. The summed E-state index contributed by atoms with van der Waals surface area (Å²) >= 11 is 0. The summed E-state index contributed by atoms with van der Waals surface area (Å²) in [5.41, 5.74) is 1.40. The molecule has 170 valence electrons. The molecule has 2 heterocycles. The molecule has 3 rings (SSSR count). The molecule has 0 saturated heterocycles. The standard InChI is InChI=1S/C21H22BF3N2O5/c1-11(2)18(20(29)31-10-15-6-5-14(8-26-15)21(23,24)25)27-19(28)16-7-4-13-9-32-22(30)17(13)12(16)3/h4-8,11,18,30H,9-10H2,1-3H3,(H,27,28)/t18-/m0/s1. The Bertz CT molecular complexity index is 1010. The zero-order valence-electron chi connectivity index (χ0n) is 17.7. The Labute approximate surface area is 183 Å². The number of pyridine rings is 1. The van der Waals surface area contributed by atoms with E-state index in [4.69, 9.17) is 9.39 Å². The minimum absolute atomic E-state index is 0.142. The average molecular weight is 450 g/mol. The minimum atomic E-state index is -4.51. The van der Waals surface area contributed by atoms with E-state index >= 15 is 0 Å². The van der Waals surface area contributed by atoms with Gasteiger partial charge in [-0.25, -0.2) is 4.79 Å². The maximum atomic E-state index is 12.8. The average Bonchev–Trinajstić information content (AvgIpc) is 3.11. The molecule has 2 aromatic rings. The van der Waals surface area contributed by atoms with Gasteiger partial charge in [-0.3, -0.25) is 9.78 Å². The maximum absolute atomic E-state index is 12.8. The highest BCUT2D eigenvalue weighted by atomic mass is 19.4. The fourth-order valence-corrected chi connectivity index (χ4v) is 3.38. The number of fused-ring (bicyclic) bond motifs is 1. The van der Waals surface area contributed by atoms with E-state index in [0.29, 0.717) is 17.2 Å². The van der Waals surface area contributed by atoms with Crippen LogP contribution in [0.4, 0.5) is 13.2 Å². The molecule has 1 aromatic heterocycles. The van der Waals surface area contributed by atoms with Crippen molar-refractivity contribution < 1.29 is 37.2 Å². The molecule has 7 nitrogen and oxygen atoms in total. The first kappa shape index (κ1) is 23.7. The second kappa shape index (κ2) is 9.29. The Hall–Kier alpha value is -2.92. The molecule has 1 aliphatic rings. The SMILES string of the molecule is Cc1c(C(=O)N[C@H](C(=O)OCc2ccc(C(F)(F)F)cn2)C(C)C)ccc2c1B(O)OC2. The van der Waals surface area contributed by atoms with Crippen LogP contribution in [-0.4, -0.2) is 35.0 Å². The van der Waals surface area contributed by atoms with Crippen molar-refractivity contribution in [2.45, 2.75) is 46.2 Å². The van der Waals surface area contributed by atoms with Crippen molar-refractivity contribution in [2.75, 3.05) is 0 Å².